The van der Waals surface area contributed by atoms with Crippen molar-refractivity contribution in [2.75, 3.05) is 11.5 Å². The predicted molar refractivity (Wildman–Crippen MR) is 71.6 cm³/mol. The third-order valence-electron chi connectivity index (χ3n) is 3.21. The van der Waals surface area contributed by atoms with Crippen molar-refractivity contribution in [1.29, 1.82) is 0 Å². The molecule has 0 radical (unpaired) electrons. The van der Waals surface area contributed by atoms with Crippen molar-refractivity contribution in [3.05, 3.63) is 0 Å². The molecule has 0 amide bonds. The number of thioether (sulfide) groups is 1. The molecule has 0 aromatic carbocycles. The Morgan fingerprint density at radius 2 is 2.13 bits per heavy atom. The van der Waals surface area contributed by atoms with Gasteiger partial charge in [0.05, 0.1) is 0 Å². The van der Waals surface area contributed by atoms with Crippen LogP contribution in [0.25, 0.3) is 0 Å². The maximum absolute atomic E-state index is 3.84. The second-order valence-corrected chi connectivity index (χ2v) is 6.67. The van der Waals surface area contributed by atoms with E-state index >= 15 is 0 Å². The smallest absolute Gasteiger partial charge is 0.0166 e. The van der Waals surface area contributed by atoms with Gasteiger partial charge >= 0.3 is 0 Å². The largest absolute Gasteiger partial charge is 0.310 e. The normalized spacial score (nSPS) is 27.6. The van der Waals surface area contributed by atoms with Crippen LogP contribution < -0.4 is 5.32 Å². The van der Waals surface area contributed by atoms with Crippen LogP contribution in [-0.4, -0.2) is 23.6 Å². The van der Waals surface area contributed by atoms with Gasteiger partial charge in [-0.3, -0.25) is 0 Å². The van der Waals surface area contributed by atoms with Crippen molar-refractivity contribution in [1.82, 2.24) is 5.32 Å². The highest BCUT2D eigenvalue weighted by atomic mass is 32.2. The SMILES string of the molecule is CCCC(CC)NC1CSCC(C)(C)C1. The molecule has 1 heterocycles. The van der Waals surface area contributed by atoms with Crippen LogP contribution in [0.2, 0.25) is 0 Å². The summed E-state index contributed by atoms with van der Waals surface area (Å²) in [5.41, 5.74) is 0.533. The summed E-state index contributed by atoms with van der Waals surface area (Å²) in [7, 11) is 0. The van der Waals surface area contributed by atoms with Gasteiger partial charge in [0.1, 0.15) is 0 Å². The summed E-state index contributed by atoms with van der Waals surface area (Å²) in [6.07, 6.45) is 5.25. The van der Waals surface area contributed by atoms with E-state index in [0.29, 0.717) is 5.41 Å². The molecule has 90 valence electrons. The first-order valence-electron chi connectivity index (χ1n) is 6.41. The number of hydrogen-bond acceptors (Lipinski definition) is 2. The number of rotatable bonds is 5. The molecule has 0 aliphatic carbocycles. The Kier molecular flexibility index (Phi) is 5.48. The van der Waals surface area contributed by atoms with Gasteiger partial charge in [-0.15, -0.1) is 0 Å². The highest BCUT2D eigenvalue weighted by Gasteiger charge is 2.29. The van der Waals surface area contributed by atoms with Gasteiger partial charge in [0, 0.05) is 17.8 Å². The van der Waals surface area contributed by atoms with E-state index in [1.807, 2.05) is 0 Å². The first-order valence-corrected chi connectivity index (χ1v) is 7.56. The summed E-state index contributed by atoms with van der Waals surface area (Å²) in [5, 5.41) is 3.84. The van der Waals surface area contributed by atoms with Crippen molar-refractivity contribution in [2.24, 2.45) is 5.41 Å². The Labute approximate surface area is 99.8 Å². The molecule has 2 unspecified atom stereocenters. The van der Waals surface area contributed by atoms with Crippen molar-refractivity contribution in [2.45, 2.75) is 65.5 Å². The molecule has 0 saturated carbocycles. The maximum Gasteiger partial charge on any atom is 0.0166 e. The molecule has 1 aliphatic rings. The lowest BCUT2D eigenvalue weighted by Gasteiger charge is -2.37. The molecule has 2 heteroatoms. The van der Waals surface area contributed by atoms with E-state index in [-0.39, 0.29) is 0 Å². The van der Waals surface area contributed by atoms with E-state index < -0.39 is 0 Å². The summed E-state index contributed by atoms with van der Waals surface area (Å²) in [5.74, 6) is 2.64. The molecule has 0 spiro atoms. The van der Waals surface area contributed by atoms with Gasteiger partial charge in [0.25, 0.3) is 0 Å². The first kappa shape index (κ1) is 13.4. The fourth-order valence-corrected chi connectivity index (χ4v) is 3.74. The summed E-state index contributed by atoms with van der Waals surface area (Å²) in [6, 6.07) is 1.49. The number of nitrogens with one attached hydrogen (secondary N) is 1. The highest BCUT2D eigenvalue weighted by molar-refractivity contribution is 7.99. The molecular formula is C13H27NS. The quantitative estimate of drug-likeness (QED) is 0.772. The lowest BCUT2D eigenvalue weighted by atomic mass is 9.87. The molecule has 1 saturated heterocycles. The van der Waals surface area contributed by atoms with Crippen LogP contribution >= 0.6 is 11.8 Å². The van der Waals surface area contributed by atoms with Crippen LogP contribution in [0.5, 0.6) is 0 Å². The van der Waals surface area contributed by atoms with E-state index in [1.165, 1.54) is 37.2 Å². The Bertz CT molecular complexity index is 179. The molecule has 1 nitrogen and oxygen atoms in total. The summed E-state index contributed by atoms with van der Waals surface area (Å²) >= 11 is 2.12. The van der Waals surface area contributed by atoms with Crippen LogP contribution in [-0.2, 0) is 0 Å². The number of hydrogen-bond donors (Lipinski definition) is 1. The molecule has 1 aliphatic heterocycles. The first-order chi connectivity index (χ1) is 7.07. The standard InChI is InChI=1S/C13H27NS/c1-5-7-11(6-2)14-12-8-13(3,4)10-15-9-12/h11-12,14H,5-10H2,1-4H3. The Morgan fingerprint density at radius 3 is 2.67 bits per heavy atom. The highest BCUT2D eigenvalue weighted by Crippen LogP contribution is 2.33. The Balaban J connectivity index is 2.36. The van der Waals surface area contributed by atoms with Crippen LogP contribution in [0.15, 0.2) is 0 Å². The zero-order chi connectivity index (χ0) is 11.3. The second-order valence-electron chi connectivity index (χ2n) is 5.64. The van der Waals surface area contributed by atoms with E-state index in [4.69, 9.17) is 0 Å². The third kappa shape index (κ3) is 4.78. The van der Waals surface area contributed by atoms with Gasteiger partial charge < -0.3 is 5.32 Å². The van der Waals surface area contributed by atoms with E-state index in [0.717, 1.165) is 12.1 Å². The van der Waals surface area contributed by atoms with E-state index in [1.54, 1.807) is 0 Å². The lowest BCUT2D eigenvalue weighted by molar-refractivity contribution is 0.292. The van der Waals surface area contributed by atoms with Crippen molar-refractivity contribution in [3.8, 4) is 0 Å². The fourth-order valence-electron chi connectivity index (χ4n) is 2.46. The summed E-state index contributed by atoms with van der Waals surface area (Å²) in [4.78, 5) is 0. The van der Waals surface area contributed by atoms with Crippen LogP contribution in [0.1, 0.15) is 53.4 Å². The average molecular weight is 229 g/mol. The molecule has 1 rings (SSSR count). The molecule has 15 heavy (non-hydrogen) atoms. The molecule has 2 atom stereocenters. The maximum atomic E-state index is 3.84. The van der Waals surface area contributed by atoms with Crippen LogP contribution in [0.4, 0.5) is 0 Å². The molecular weight excluding hydrogens is 202 g/mol. The van der Waals surface area contributed by atoms with Crippen molar-refractivity contribution in [3.63, 3.8) is 0 Å². The average Bonchev–Trinajstić information content (AvgIpc) is 2.15. The molecule has 0 aromatic rings. The van der Waals surface area contributed by atoms with Gasteiger partial charge in [-0.1, -0.05) is 34.1 Å². The molecule has 0 bridgehead atoms. The lowest BCUT2D eigenvalue weighted by Crippen LogP contribution is -2.45. The molecule has 1 N–H and O–H groups in total. The summed E-state index contributed by atoms with van der Waals surface area (Å²) < 4.78 is 0. The van der Waals surface area contributed by atoms with Gasteiger partial charge in [0.2, 0.25) is 0 Å². The van der Waals surface area contributed by atoms with E-state index in [2.05, 4.69) is 44.8 Å². The third-order valence-corrected chi connectivity index (χ3v) is 4.84. The minimum absolute atomic E-state index is 0.533. The van der Waals surface area contributed by atoms with Crippen LogP contribution in [0, 0.1) is 5.41 Å². The van der Waals surface area contributed by atoms with Gasteiger partial charge in [-0.25, -0.2) is 0 Å². The monoisotopic (exact) mass is 229 g/mol. The zero-order valence-electron chi connectivity index (χ0n) is 10.8. The minimum atomic E-state index is 0.533. The zero-order valence-corrected chi connectivity index (χ0v) is 11.6. The van der Waals surface area contributed by atoms with Crippen molar-refractivity contribution < 1.29 is 0 Å². The predicted octanol–water partition coefficient (Wildman–Crippen LogP) is 3.69. The Morgan fingerprint density at radius 1 is 1.40 bits per heavy atom. The minimum Gasteiger partial charge on any atom is -0.310 e. The van der Waals surface area contributed by atoms with E-state index in [9.17, 15) is 0 Å². The fraction of sp³-hybridized carbons (Fsp3) is 1.00. The van der Waals surface area contributed by atoms with Crippen LogP contribution in [0.3, 0.4) is 0 Å². The van der Waals surface area contributed by atoms with Crippen molar-refractivity contribution >= 4 is 11.8 Å². The van der Waals surface area contributed by atoms with Gasteiger partial charge in [0.15, 0.2) is 0 Å². The molecule has 0 aromatic heterocycles. The Hall–Kier alpha value is 0.310. The van der Waals surface area contributed by atoms with Gasteiger partial charge in [-0.2, -0.15) is 11.8 Å². The van der Waals surface area contributed by atoms with Gasteiger partial charge in [-0.05, 0) is 30.4 Å². The topological polar surface area (TPSA) is 12.0 Å². The second kappa shape index (κ2) is 6.15. The molecule has 1 fully saturated rings. The summed E-state index contributed by atoms with van der Waals surface area (Å²) in [6.45, 7) is 9.38.